The topological polar surface area (TPSA) is 97.4 Å². The zero-order chi connectivity index (χ0) is 16.3. The number of hydrogen-bond donors (Lipinski definition) is 0. The Hall–Kier alpha value is -1.67. The van der Waals surface area contributed by atoms with Crippen LogP contribution in [0.5, 0.6) is 0 Å². The summed E-state index contributed by atoms with van der Waals surface area (Å²) in [4.78, 5) is 34.7. The molecule has 0 amide bonds. The summed E-state index contributed by atoms with van der Waals surface area (Å²) in [6.45, 7) is 2.42. The summed E-state index contributed by atoms with van der Waals surface area (Å²) in [6, 6.07) is 0. The molecule has 0 bridgehead atoms. The quantitative estimate of drug-likeness (QED) is 0.406. The summed E-state index contributed by atoms with van der Waals surface area (Å²) < 4.78 is 26.2. The van der Waals surface area contributed by atoms with Crippen LogP contribution in [0.15, 0.2) is 0 Å². The Morgan fingerprint density at radius 3 is 2.55 bits per heavy atom. The molecule has 0 aromatic heterocycles. The number of methoxy groups -OCH3 is 1. The predicted octanol–water partition coefficient (Wildman–Crippen LogP) is 0.318. The first-order valence-electron chi connectivity index (χ1n) is 7.08. The van der Waals surface area contributed by atoms with Crippen LogP contribution in [0, 0.1) is 0 Å². The van der Waals surface area contributed by atoms with Crippen LogP contribution in [0.3, 0.4) is 0 Å². The Morgan fingerprint density at radius 2 is 1.95 bits per heavy atom. The standard InChI is InChI=1S/C14H20O8/c1-8(15)20-11-12(21-9(2)16)14(22-13(11)17)6-4-5-10(14)19-7-18-3/h10-12H,4-7H2,1-3H3/t10-,11+,12-,14?/m0/s1. The number of carbonyl (C=O) groups is 3. The van der Waals surface area contributed by atoms with Crippen molar-refractivity contribution in [3.05, 3.63) is 0 Å². The summed E-state index contributed by atoms with van der Waals surface area (Å²) in [5, 5.41) is 0. The molecule has 2 aliphatic rings. The Morgan fingerprint density at radius 1 is 1.27 bits per heavy atom. The van der Waals surface area contributed by atoms with Gasteiger partial charge in [-0.25, -0.2) is 4.79 Å². The lowest BCUT2D eigenvalue weighted by molar-refractivity contribution is -0.194. The molecule has 124 valence electrons. The van der Waals surface area contributed by atoms with Crippen LogP contribution >= 0.6 is 0 Å². The molecule has 0 N–H and O–H groups in total. The number of esters is 3. The van der Waals surface area contributed by atoms with Crippen LogP contribution in [0.25, 0.3) is 0 Å². The summed E-state index contributed by atoms with van der Waals surface area (Å²) in [7, 11) is 1.48. The number of hydrogen-bond acceptors (Lipinski definition) is 8. The lowest BCUT2D eigenvalue weighted by Crippen LogP contribution is -2.52. The highest BCUT2D eigenvalue weighted by molar-refractivity contribution is 5.83. The maximum Gasteiger partial charge on any atom is 0.352 e. The molecule has 1 aliphatic heterocycles. The zero-order valence-electron chi connectivity index (χ0n) is 12.8. The average Bonchev–Trinajstić information content (AvgIpc) is 2.93. The summed E-state index contributed by atoms with van der Waals surface area (Å²) >= 11 is 0. The second-order valence-electron chi connectivity index (χ2n) is 5.39. The van der Waals surface area contributed by atoms with Crippen molar-refractivity contribution in [3.63, 3.8) is 0 Å². The summed E-state index contributed by atoms with van der Waals surface area (Å²) in [5.74, 6) is -1.96. The fourth-order valence-electron chi connectivity index (χ4n) is 3.10. The Bertz CT molecular complexity index is 462. The molecular formula is C14H20O8. The van der Waals surface area contributed by atoms with E-state index in [1.165, 1.54) is 21.0 Å². The van der Waals surface area contributed by atoms with Gasteiger partial charge >= 0.3 is 17.9 Å². The predicted molar refractivity (Wildman–Crippen MR) is 70.5 cm³/mol. The summed E-state index contributed by atoms with van der Waals surface area (Å²) in [6.07, 6.45) is -0.962. The van der Waals surface area contributed by atoms with Gasteiger partial charge in [0, 0.05) is 21.0 Å². The molecule has 0 aromatic rings. The minimum Gasteiger partial charge on any atom is -0.453 e. The lowest BCUT2D eigenvalue weighted by atomic mass is 9.91. The number of ether oxygens (including phenoxy) is 5. The van der Waals surface area contributed by atoms with Gasteiger partial charge in [-0.15, -0.1) is 0 Å². The van der Waals surface area contributed by atoms with Gasteiger partial charge in [-0.2, -0.15) is 0 Å². The third-order valence-corrected chi connectivity index (χ3v) is 3.83. The molecule has 8 nitrogen and oxygen atoms in total. The molecule has 8 heteroatoms. The van der Waals surface area contributed by atoms with Gasteiger partial charge in [0.15, 0.2) is 11.7 Å². The van der Waals surface area contributed by atoms with Gasteiger partial charge in [-0.05, 0) is 19.3 Å². The third kappa shape index (κ3) is 3.07. The first-order chi connectivity index (χ1) is 10.4. The van der Waals surface area contributed by atoms with Gasteiger partial charge in [-0.1, -0.05) is 0 Å². The van der Waals surface area contributed by atoms with Crippen LogP contribution < -0.4 is 0 Å². The fourth-order valence-corrected chi connectivity index (χ4v) is 3.10. The van der Waals surface area contributed by atoms with Gasteiger partial charge in [0.1, 0.15) is 12.9 Å². The monoisotopic (exact) mass is 316 g/mol. The SMILES string of the molecule is COCO[C@H]1CCCC12OC(=O)[C@H](OC(C)=O)[C@@H]2OC(C)=O. The number of rotatable bonds is 5. The van der Waals surface area contributed by atoms with Gasteiger partial charge in [-0.3, -0.25) is 9.59 Å². The minimum atomic E-state index is -1.27. The molecule has 1 saturated heterocycles. The highest BCUT2D eigenvalue weighted by atomic mass is 16.7. The van der Waals surface area contributed by atoms with Crippen molar-refractivity contribution in [2.75, 3.05) is 13.9 Å². The van der Waals surface area contributed by atoms with E-state index in [1.807, 2.05) is 0 Å². The van der Waals surface area contributed by atoms with Crippen molar-refractivity contribution >= 4 is 17.9 Å². The van der Waals surface area contributed by atoms with Crippen molar-refractivity contribution < 1.29 is 38.1 Å². The van der Waals surface area contributed by atoms with E-state index in [4.69, 9.17) is 23.7 Å². The second-order valence-corrected chi connectivity index (χ2v) is 5.39. The van der Waals surface area contributed by atoms with Crippen LogP contribution in [-0.4, -0.2) is 55.7 Å². The van der Waals surface area contributed by atoms with Crippen molar-refractivity contribution in [1.82, 2.24) is 0 Å². The van der Waals surface area contributed by atoms with Crippen molar-refractivity contribution in [2.45, 2.75) is 57.0 Å². The van der Waals surface area contributed by atoms with Gasteiger partial charge in [0.2, 0.25) is 6.10 Å². The first-order valence-corrected chi connectivity index (χ1v) is 7.08. The number of carbonyl (C=O) groups excluding carboxylic acids is 3. The molecule has 1 heterocycles. The molecule has 2 rings (SSSR count). The minimum absolute atomic E-state index is 0.0228. The zero-order valence-corrected chi connectivity index (χ0v) is 12.8. The Labute approximate surface area is 128 Å². The highest BCUT2D eigenvalue weighted by Crippen LogP contribution is 2.45. The van der Waals surface area contributed by atoms with E-state index in [0.29, 0.717) is 12.8 Å². The van der Waals surface area contributed by atoms with Crippen LogP contribution in [0.1, 0.15) is 33.1 Å². The molecule has 1 spiro atoms. The molecule has 0 aromatic carbocycles. The lowest BCUT2D eigenvalue weighted by Gasteiger charge is -2.34. The molecular weight excluding hydrogens is 296 g/mol. The molecule has 22 heavy (non-hydrogen) atoms. The van der Waals surface area contributed by atoms with E-state index in [9.17, 15) is 14.4 Å². The molecule has 2 fully saturated rings. The van der Waals surface area contributed by atoms with E-state index >= 15 is 0 Å². The molecule has 0 radical (unpaired) electrons. The van der Waals surface area contributed by atoms with Crippen LogP contribution in [-0.2, 0) is 38.1 Å². The van der Waals surface area contributed by atoms with Gasteiger partial charge in [0.05, 0.1) is 0 Å². The fraction of sp³-hybridized carbons (Fsp3) is 0.786. The van der Waals surface area contributed by atoms with Crippen molar-refractivity contribution in [1.29, 1.82) is 0 Å². The normalized spacial score (nSPS) is 33.8. The Kier molecular flexibility index (Phi) is 5.02. The average molecular weight is 316 g/mol. The van der Waals surface area contributed by atoms with Crippen molar-refractivity contribution in [3.8, 4) is 0 Å². The highest BCUT2D eigenvalue weighted by Gasteiger charge is 2.65. The largest absolute Gasteiger partial charge is 0.453 e. The molecule has 4 atom stereocenters. The van der Waals surface area contributed by atoms with E-state index in [2.05, 4.69) is 0 Å². The maximum atomic E-state index is 12.1. The van der Waals surface area contributed by atoms with E-state index in [1.54, 1.807) is 0 Å². The van der Waals surface area contributed by atoms with E-state index in [-0.39, 0.29) is 6.79 Å². The van der Waals surface area contributed by atoms with E-state index < -0.39 is 41.8 Å². The molecule has 1 aliphatic carbocycles. The third-order valence-electron chi connectivity index (χ3n) is 3.83. The van der Waals surface area contributed by atoms with Gasteiger partial charge < -0.3 is 23.7 Å². The van der Waals surface area contributed by atoms with E-state index in [0.717, 1.165) is 6.42 Å². The Balaban J connectivity index is 2.29. The first kappa shape index (κ1) is 16.7. The van der Waals surface area contributed by atoms with Crippen LogP contribution in [0.4, 0.5) is 0 Å². The maximum absolute atomic E-state index is 12.1. The molecule has 1 unspecified atom stereocenters. The second kappa shape index (κ2) is 6.62. The van der Waals surface area contributed by atoms with Crippen LogP contribution in [0.2, 0.25) is 0 Å². The van der Waals surface area contributed by atoms with Gasteiger partial charge in [0.25, 0.3) is 0 Å². The molecule has 1 saturated carbocycles. The smallest absolute Gasteiger partial charge is 0.352 e. The van der Waals surface area contributed by atoms with Crippen molar-refractivity contribution in [2.24, 2.45) is 0 Å². The summed E-state index contributed by atoms with van der Waals surface area (Å²) in [5.41, 5.74) is -1.14.